The predicted octanol–water partition coefficient (Wildman–Crippen LogP) is 4.29. The molecule has 0 unspecified atom stereocenters. The first-order chi connectivity index (χ1) is 7.29. The van der Waals surface area contributed by atoms with Gasteiger partial charge in [-0.2, -0.15) is 0 Å². The largest absolute Gasteiger partial charge is 0.245 e. The number of para-hydroxylation sites is 1. The van der Waals surface area contributed by atoms with Crippen molar-refractivity contribution < 1.29 is 0 Å². The molecule has 0 saturated heterocycles. The SMILES string of the molecule is CSC1=Nc2ccccc2SC(=S)CC1. The van der Waals surface area contributed by atoms with Gasteiger partial charge in [-0.3, -0.25) is 0 Å². The van der Waals surface area contributed by atoms with E-state index in [1.54, 1.807) is 23.5 Å². The fraction of sp³-hybridized carbons (Fsp3) is 0.273. The summed E-state index contributed by atoms with van der Waals surface area (Å²) in [5.74, 6) is 0. The van der Waals surface area contributed by atoms with Gasteiger partial charge in [-0.05, 0) is 24.8 Å². The average Bonchev–Trinajstić information content (AvgIpc) is 2.23. The monoisotopic (exact) mass is 253 g/mol. The molecule has 4 heteroatoms. The van der Waals surface area contributed by atoms with Crippen LogP contribution in [0.25, 0.3) is 0 Å². The zero-order valence-corrected chi connectivity index (χ0v) is 10.8. The lowest BCUT2D eigenvalue weighted by atomic mass is 10.3. The van der Waals surface area contributed by atoms with E-state index < -0.39 is 0 Å². The molecule has 0 fully saturated rings. The Hall–Kier alpha value is -0.320. The number of thiocarbonyl (C=S) groups is 1. The van der Waals surface area contributed by atoms with Gasteiger partial charge in [0.25, 0.3) is 0 Å². The maximum atomic E-state index is 5.33. The molecule has 15 heavy (non-hydrogen) atoms. The molecule has 1 heterocycles. The molecule has 0 radical (unpaired) electrons. The summed E-state index contributed by atoms with van der Waals surface area (Å²) < 4.78 is 1.06. The van der Waals surface area contributed by atoms with Gasteiger partial charge in [-0.25, -0.2) is 4.99 Å². The molecular formula is C11H11NS3. The Morgan fingerprint density at radius 3 is 2.93 bits per heavy atom. The highest BCUT2D eigenvalue weighted by molar-refractivity contribution is 8.23. The first-order valence-electron chi connectivity index (χ1n) is 4.71. The van der Waals surface area contributed by atoms with Crippen molar-refractivity contribution in [2.24, 2.45) is 4.99 Å². The normalized spacial score (nSPS) is 16.3. The van der Waals surface area contributed by atoms with Crippen molar-refractivity contribution in [2.45, 2.75) is 17.7 Å². The van der Waals surface area contributed by atoms with Crippen molar-refractivity contribution in [2.75, 3.05) is 6.26 Å². The number of fused-ring (bicyclic) bond motifs is 1. The molecule has 0 atom stereocenters. The number of benzene rings is 1. The van der Waals surface area contributed by atoms with Gasteiger partial charge in [-0.15, -0.1) is 11.8 Å². The molecule has 2 rings (SSSR count). The van der Waals surface area contributed by atoms with Crippen molar-refractivity contribution in [3.63, 3.8) is 0 Å². The van der Waals surface area contributed by atoms with Crippen molar-refractivity contribution in [1.82, 2.24) is 0 Å². The molecule has 0 N–H and O–H groups in total. The summed E-state index contributed by atoms with van der Waals surface area (Å²) in [6.07, 6.45) is 3.99. The van der Waals surface area contributed by atoms with Crippen LogP contribution in [0.2, 0.25) is 0 Å². The van der Waals surface area contributed by atoms with Crippen molar-refractivity contribution in [1.29, 1.82) is 0 Å². The number of thioether (sulfide) groups is 2. The molecule has 1 nitrogen and oxygen atoms in total. The molecule has 1 aliphatic heterocycles. The molecule has 1 aromatic carbocycles. The van der Waals surface area contributed by atoms with Crippen molar-refractivity contribution in [3.05, 3.63) is 24.3 Å². The van der Waals surface area contributed by atoms with E-state index >= 15 is 0 Å². The summed E-state index contributed by atoms with van der Waals surface area (Å²) in [4.78, 5) is 5.83. The minimum absolute atomic E-state index is 0.952. The molecule has 0 aromatic heterocycles. The third-order valence-electron chi connectivity index (χ3n) is 2.11. The van der Waals surface area contributed by atoms with Crippen LogP contribution in [0.15, 0.2) is 34.2 Å². The van der Waals surface area contributed by atoms with Gasteiger partial charge in [0.15, 0.2) is 0 Å². The van der Waals surface area contributed by atoms with Crippen molar-refractivity contribution in [3.8, 4) is 0 Å². The highest BCUT2D eigenvalue weighted by Crippen LogP contribution is 2.34. The summed E-state index contributed by atoms with van der Waals surface area (Å²) >= 11 is 8.72. The van der Waals surface area contributed by atoms with E-state index in [-0.39, 0.29) is 0 Å². The van der Waals surface area contributed by atoms with E-state index in [4.69, 9.17) is 12.2 Å². The Bertz CT molecular complexity index is 412. The van der Waals surface area contributed by atoms with Gasteiger partial charge in [0.05, 0.1) is 14.9 Å². The van der Waals surface area contributed by atoms with E-state index in [0.717, 1.165) is 22.7 Å². The minimum Gasteiger partial charge on any atom is -0.245 e. The summed E-state index contributed by atoms with van der Waals surface area (Å²) in [7, 11) is 0. The van der Waals surface area contributed by atoms with Crippen LogP contribution < -0.4 is 0 Å². The molecule has 0 saturated carbocycles. The third-order valence-corrected chi connectivity index (χ3v) is 4.33. The van der Waals surface area contributed by atoms with Crippen LogP contribution in [0.1, 0.15) is 12.8 Å². The van der Waals surface area contributed by atoms with Crippen LogP contribution in [-0.2, 0) is 0 Å². The second kappa shape index (κ2) is 5.14. The Balaban J connectivity index is 2.44. The Labute approximate surface area is 104 Å². The lowest BCUT2D eigenvalue weighted by molar-refractivity contribution is 1.18. The maximum absolute atomic E-state index is 5.33. The van der Waals surface area contributed by atoms with Crippen LogP contribution in [0, 0.1) is 0 Å². The molecule has 78 valence electrons. The van der Waals surface area contributed by atoms with E-state index in [0.29, 0.717) is 0 Å². The number of aliphatic imine (C=N–C) groups is 1. The van der Waals surface area contributed by atoms with Gasteiger partial charge >= 0.3 is 0 Å². The van der Waals surface area contributed by atoms with Gasteiger partial charge in [0.1, 0.15) is 0 Å². The maximum Gasteiger partial charge on any atom is 0.0778 e. The van der Waals surface area contributed by atoms with Crippen LogP contribution >= 0.6 is 35.7 Å². The molecule has 1 aromatic rings. The van der Waals surface area contributed by atoms with E-state index in [2.05, 4.69) is 17.3 Å². The van der Waals surface area contributed by atoms with Crippen molar-refractivity contribution >= 4 is 50.7 Å². The molecule has 1 aliphatic rings. The minimum atomic E-state index is 0.952. The van der Waals surface area contributed by atoms with Crippen LogP contribution in [-0.4, -0.2) is 15.5 Å². The first-order valence-corrected chi connectivity index (χ1v) is 7.16. The number of hydrogen-bond acceptors (Lipinski definition) is 4. The van der Waals surface area contributed by atoms with E-state index in [1.807, 2.05) is 18.2 Å². The lowest BCUT2D eigenvalue weighted by Gasteiger charge is -2.12. The summed E-state index contributed by atoms with van der Waals surface area (Å²) in [6.45, 7) is 0. The smallest absolute Gasteiger partial charge is 0.0778 e. The second-order valence-corrected chi connectivity index (χ2v) is 5.92. The predicted molar refractivity (Wildman–Crippen MR) is 74.7 cm³/mol. The quantitative estimate of drug-likeness (QED) is 0.640. The topological polar surface area (TPSA) is 12.4 Å². The zero-order chi connectivity index (χ0) is 10.7. The number of rotatable bonds is 0. The Morgan fingerprint density at radius 2 is 2.13 bits per heavy atom. The second-order valence-electron chi connectivity index (χ2n) is 3.15. The van der Waals surface area contributed by atoms with Gasteiger partial charge in [0, 0.05) is 11.3 Å². The van der Waals surface area contributed by atoms with E-state index in [9.17, 15) is 0 Å². The lowest BCUT2D eigenvalue weighted by Crippen LogP contribution is -1.99. The molecule has 0 amide bonds. The highest BCUT2D eigenvalue weighted by Gasteiger charge is 2.11. The van der Waals surface area contributed by atoms with Crippen LogP contribution in [0.4, 0.5) is 5.69 Å². The van der Waals surface area contributed by atoms with Gasteiger partial charge < -0.3 is 0 Å². The molecule has 0 bridgehead atoms. The standard InChI is InChI=1S/C11H11NS3/c1-14-10-6-7-11(13)15-9-5-3-2-4-8(9)12-10/h2-5H,6-7H2,1H3. The van der Waals surface area contributed by atoms with Crippen LogP contribution in [0.3, 0.4) is 0 Å². The molecule has 0 spiro atoms. The van der Waals surface area contributed by atoms with Crippen LogP contribution in [0.5, 0.6) is 0 Å². The molecule has 0 aliphatic carbocycles. The fourth-order valence-corrected chi connectivity index (χ4v) is 3.04. The summed E-state index contributed by atoms with van der Waals surface area (Å²) in [6, 6.07) is 8.18. The number of hydrogen-bond donors (Lipinski definition) is 0. The van der Waals surface area contributed by atoms with E-state index in [1.165, 1.54) is 9.94 Å². The fourth-order valence-electron chi connectivity index (χ4n) is 1.36. The van der Waals surface area contributed by atoms with Gasteiger partial charge in [-0.1, -0.05) is 36.1 Å². The Kier molecular flexibility index (Phi) is 3.83. The summed E-state index contributed by atoms with van der Waals surface area (Å²) in [5.41, 5.74) is 1.05. The highest BCUT2D eigenvalue weighted by atomic mass is 32.2. The molecular weight excluding hydrogens is 242 g/mol. The van der Waals surface area contributed by atoms with Gasteiger partial charge in [0.2, 0.25) is 0 Å². The summed E-state index contributed by atoms with van der Waals surface area (Å²) in [5, 5.41) is 1.17. The zero-order valence-electron chi connectivity index (χ0n) is 8.40. The number of nitrogens with zero attached hydrogens (tertiary/aromatic N) is 1. The third kappa shape index (κ3) is 2.83. The Morgan fingerprint density at radius 1 is 1.33 bits per heavy atom. The first kappa shape index (κ1) is 11.2. The average molecular weight is 253 g/mol.